The second kappa shape index (κ2) is 6.89. The van der Waals surface area contributed by atoms with E-state index in [2.05, 4.69) is 0 Å². The van der Waals surface area contributed by atoms with Crippen molar-refractivity contribution in [1.82, 2.24) is 0 Å². The average molecular weight is 362 g/mol. The van der Waals surface area contributed by atoms with Crippen molar-refractivity contribution in [2.75, 3.05) is 7.11 Å². The van der Waals surface area contributed by atoms with Gasteiger partial charge in [-0.25, -0.2) is 0 Å². The molecule has 3 aromatic rings. The summed E-state index contributed by atoms with van der Waals surface area (Å²) < 4.78 is 11.5. The zero-order valence-electron chi connectivity index (χ0n) is 14.3. The Morgan fingerprint density at radius 1 is 0.846 bits per heavy atom. The van der Waals surface area contributed by atoms with E-state index >= 15 is 0 Å². The van der Waals surface area contributed by atoms with E-state index in [0.29, 0.717) is 5.75 Å². The Morgan fingerprint density at radius 3 is 1.96 bits per heavy atom. The third kappa shape index (κ3) is 2.76. The standard InChI is InChI=1S/C22H18O3S/c1-24-19-15-9-8-14-18(19)20-21(23)25-22(26-20,16-10-4-2-5-11-16)17-12-6-3-7-13-17/h2-15,20H,1H3/t20-/m0/s1. The summed E-state index contributed by atoms with van der Waals surface area (Å²) in [5.41, 5.74) is 2.72. The number of hydrogen-bond acceptors (Lipinski definition) is 4. The fraction of sp³-hybridized carbons (Fsp3) is 0.136. The van der Waals surface area contributed by atoms with E-state index in [1.165, 1.54) is 11.8 Å². The third-order valence-electron chi connectivity index (χ3n) is 4.47. The van der Waals surface area contributed by atoms with Gasteiger partial charge in [0.1, 0.15) is 11.0 Å². The fourth-order valence-electron chi connectivity index (χ4n) is 3.24. The summed E-state index contributed by atoms with van der Waals surface area (Å²) in [5.74, 6) is 0.436. The van der Waals surface area contributed by atoms with Gasteiger partial charge in [-0.05, 0) is 6.07 Å². The summed E-state index contributed by atoms with van der Waals surface area (Å²) in [6.45, 7) is 0. The van der Waals surface area contributed by atoms with Crippen molar-refractivity contribution in [3.63, 3.8) is 0 Å². The van der Waals surface area contributed by atoms with Gasteiger partial charge in [-0.15, -0.1) is 0 Å². The van der Waals surface area contributed by atoms with Gasteiger partial charge in [0.25, 0.3) is 0 Å². The highest BCUT2D eigenvalue weighted by Gasteiger charge is 2.51. The minimum atomic E-state index is -0.870. The van der Waals surface area contributed by atoms with Crippen LogP contribution in [0.4, 0.5) is 0 Å². The van der Waals surface area contributed by atoms with Crippen LogP contribution in [0.1, 0.15) is 21.9 Å². The smallest absolute Gasteiger partial charge is 0.325 e. The first kappa shape index (κ1) is 16.7. The predicted molar refractivity (Wildman–Crippen MR) is 103 cm³/mol. The number of esters is 1. The molecule has 26 heavy (non-hydrogen) atoms. The maximum atomic E-state index is 12.9. The van der Waals surface area contributed by atoms with Crippen LogP contribution in [0.15, 0.2) is 84.9 Å². The van der Waals surface area contributed by atoms with Crippen molar-refractivity contribution in [2.45, 2.75) is 10.2 Å². The Kier molecular flexibility index (Phi) is 4.43. The molecule has 0 N–H and O–H groups in total. The minimum Gasteiger partial charge on any atom is -0.496 e. The van der Waals surface area contributed by atoms with Crippen LogP contribution in [0.3, 0.4) is 0 Å². The summed E-state index contributed by atoms with van der Waals surface area (Å²) in [4.78, 5) is 12.0. The van der Waals surface area contributed by atoms with E-state index in [0.717, 1.165) is 16.7 Å². The van der Waals surface area contributed by atoms with Gasteiger partial charge < -0.3 is 9.47 Å². The van der Waals surface area contributed by atoms with Crippen molar-refractivity contribution >= 4 is 17.7 Å². The Bertz CT molecular complexity index is 869. The van der Waals surface area contributed by atoms with Crippen LogP contribution < -0.4 is 4.74 Å². The lowest BCUT2D eigenvalue weighted by Crippen LogP contribution is -2.24. The molecule has 1 saturated heterocycles. The first-order chi connectivity index (χ1) is 12.7. The maximum absolute atomic E-state index is 12.9. The summed E-state index contributed by atoms with van der Waals surface area (Å²) in [7, 11) is 1.62. The Labute approximate surface area is 157 Å². The van der Waals surface area contributed by atoms with Crippen molar-refractivity contribution in [1.29, 1.82) is 0 Å². The molecule has 0 unspecified atom stereocenters. The van der Waals surface area contributed by atoms with Crippen molar-refractivity contribution in [2.24, 2.45) is 0 Å². The second-order valence-corrected chi connectivity index (χ2v) is 7.29. The first-order valence-electron chi connectivity index (χ1n) is 8.39. The van der Waals surface area contributed by atoms with E-state index < -0.39 is 10.2 Å². The molecule has 0 amide bonds. The van der Waals surface area contributed by atoms with Crippen molar-refractivity contribution in [3.05, 3.63) is 102 Å². The van der Waals surface area contributed by atoms with Crippen LogP contribution >= 0.6 is 11.8 Å². The Morgan fingerprint density at radius 2 is 1.38 bits per heavy atom. The van der Waals surface area contributed by atoms with Gasteiger partial charge in [0.2, 0.25) is 4.93 Å². The zero-order chi connectivity index (χ0) is 18.0. The monoisotopic (exact) mass is 362 g/mol. The second-order valence-electron chi connectivity index (χ2n) is 6.01. The highest BCUT2D eigenvalue weighted by Crippen LogP contribution is 2.57. The highest BCUT2D eigenvalue weighted by atomic mass is 32.2. The molecule has 1 fully saturated rings. The van der Waals surface area contributed by atoms with Crippen molar-refractivity contribution < 1.29 is 14.3 Å². The van der Waals surface area contributed by atoms with Gasteiger partial charge in [0.05, 0.1) is 7.11 Å². The van der Waals surface area contributed by atoms with E-state index in [4.69, 9.17) is 9.47 Å². The zero-order valence-corrected chi connectivity index (χ0v) is 15.1. The summed E-state index contributed by atoms with van der Waals surface area (Å²) in [5, 5.41) is -0.452. The van der Waals surface area contributed by atoms with Gasteiger partial charge in [0.15, 0.2) is 0 Å². The third-order valence-corrected chi connectivity index (χ3v) is 6.04. The van der Waals surface area contributed by atoms with Gasteiger partial charge in [0, 0.05) is 16.7 Å². The molecule has 4 rings (SSSR count). The molecule has 0 aliphatic carbocycles. The Hall–Kier alpha value is -2.72. The van der Waals surface area contributed by atoms with Gasteiger partial charge in [-0.1, -0.05) is 90.6 Å². The molecule has 0 saturated carbocycles. The molecule has 1 heterocycles. The number of cyclic esters (lactones) is 1. The molecule has 0 spiro atoms. The number of methoxy groups -OCH3 is 1. The number of carbonyl (C=O) groups is 1. The summed E-state index contributed by atoms with van der Waals surface area (Å²) >= 11 is 1.50. The molecule has 3 aromatic carbocycles. The Balaban J connectivity index is 1.84. The van der Waals surface area contributed by atoms with Crippen LogP contribution in [-0.2, 0) is 14.5 Å². The molecule has 130 valence electrons. The topological polar surface area (TPSA) is 35.5 Å². The average Bonchev–Trinajstić information content (AvgIpc) is 3.07. The molecule has 1 aliphatic heterocycles. The van der Waals surface area contributed by atoms with E-state index in [-0.39, 0.29) is 5.97 Å². The van der Waals surface area contributed by atoms with Crippen LogP contribution in [0, 0.1) is 0 Å². The number of hydrogen-bond donors (Lipinski definition) is 0. The van der Waals surface area contributed by atoms with E-state index in [9.17, 15) is 4.79 Å². The molecule has 0 aromatic heterocycles. The van der Waals surface area contributed by atoms with Crippen LogP contribution in [0.25, 0.3) is 0 Å². The highest BCUT2D eigenvalue weighted by molar-refractivity contribution is 8.01. The van der Waals surface area contributed by atoms with E-state index in [1.54, 1.807) is 7.11 Å². The van der Waals surface area contributed by atoms with Gasteiger partial charge in [-0.3, -0.25) is 4.79 Å². The molecule has 0 radical (unpaired) electrons. The lowest BCUT2D eigenvalue weighted by molar-refractivity contribution is -0.146. The molecule has 4 heteroatoms. The quantitative estimate of drug-likeness (QED) is 0.617. The summed E-state index contributed by atoms with van der Waals surface area (Å²) in [6.07, 6.45) is 0. The van der Waals surface area contributed by atoms with Gasteiger partial charge >= 0.3 is 5.97 Å². The predicted octanol–water partition coefficient (Wildman–Crippen LogP) is 4.93. The van der Waals surface area contributed by atoms with Crippen molar-refractivity contribution in [3.8, 4) is 5.75 Å². The van der Waals surface area contributed by atoms with Gasteiger partial charge in [-0.2, -0.15) is 0 Å². The fourth-order valence-corrected chi connectivity index (χ4v) is 4.72. The number of ether oxygens (including phenoxy) is 2. The first-order valence-corrected chi connectivity index (χ1v) is 9.27. The lowest BCUT2D eigenvalue weighted by atomic mass is 10.0. The van der Waals surface area contributed by atoms with Crippen LogP contribution in [-0.4, -0.2) is 13.1 Å². The lowest BCUT2D eigenvalue weighted by Gasteiger charge is -2.28. The number of rotatable bonds is 4. The number of para-hydroxylation sites is 1. The SMILES string of the molecule is COc1ccccc1[C@@H]1SC(c2ccccc2)(c2ccccc2)OC1=O. The largest absolute Gasteiger partial charge is 0.496 e. The number of carbonyl (C=O) groups excluding carboxylic acids is 1. The normalized spacial score (nSPS) is 18.3. The number of thioether (sulfide) groups is 1. The molecule has 3 nitrogen and oxygen atoms in total. The number of benzene rings is 3. The molecule has 1 atom stereocenters. The van der Waals surface area contributed by atoms with E-state index in [1.807, 2.05) is 84.9 Å². The maximum Gasteiger partial charge on any atom is 0.325 e. The molecular weight excluding hydrogens is 344 g/mol. The summed E-state index contributed by atoms with van der Waals surface area (Å²) in [6, 6.07) is 27.4. The molecule has 1 aliphatic rings. The van der Waals surface area contributed by atoms with Crippen LogP contribution in [0.5, 0.6) is 5.75 Å². The minimum absolute atomic E-state index is 0.257. The molecular formula is C22H18O3S. The molecule has 0 bridgehead atoms. The van der Waals surface area contributed by atoms with Crippen LogP contribution in [0.2, 0.25) is 0 Å².